The van der Waals surface area contributed by atoms with Crippen LogP contribution in [0.4, 0.5) is 0 Å². The van der Waals surface area contributed by atoms with Gasteiger partial charge in [0.05, 0.1) is 0 Å². The van der Waals surface area contributed by atoms with Crippen LogP contribution in [0.1, 0.15) is 39.5 Å². The van der Waals surface area contributed by atoms with Crippen molar-refractivity contribution in [3.05, 3.63) is 0 Å². The van der Waals surface area contributed by atoms with Crippen LogP contribution >= 0.6 is 11.8 Å². The molecule has 1 aliphatic heterocycles. The molecule has 0 spiro atoms. The molecule has 2 rings (SSSR count). The molecule has 1 saturated heterocycles. The highest BCUT2D eigenvalue weighted by atomic mass is 32.2. The molecule has 3 nitrogen and oxygen atoms in total. The lowest BCUT2D eigenvalue weighted by Crippen LogP contribution is -2.58. The summed E-state index contributed by atoms with van der Waals surface area (Å²) in [5, 5.41) is 0. The molecule has 2 N–H and O–H groups in total. The van der Waals surface area contributed by atoms with Gasteiger partial charge in [0, 0.05) is 42.5 Å². The SMILES string of the molecule is CCC(CSC)N(C)C1(CN)CC(C)N(C2CC2)C1. The summed E-state index contributed by atoms with van der Waals surface area (Å²) in [6.45, 7) is 6.66. The zero-order valence-electron chi connectivity index (χ0n) is 13.1. The number of likely N-dealkylation sites (tertiary alicyclic amines) is 1. The summed E-state index contributed by atoms with van der Waals surface area (Å²) in [7, 11) is 2.31. The van der Waals surface area contributed by atoms with Gasteiger partial charge in [-0.2, -0.15) is 11.8 Å². The molecule has 0 radical (unpaired) electrons. The highest BCUT2D eigenvalue weighted by Gasteiger charge is 2.49. The molecule has 0 amide bonds. The van der Waals surface area contributed by atoms with Crippen LogP contribution in [0.2, 0.25) is 0 Å². The Hall–Kier alpha value is 0.230. The van der Waals surface area contributed by atoms with E-state index in [-0.39, 0.29) is 5.54 Å². The standard InChI is InChI=1S/C15H31N3S/c1-5-13(9-19-4)17(3)15(10-16)8-12(2)18(11-15)14-6-7-14/h12-14H,5-11,16H2,1-4H3. The second-order valence-corrected chi connectivity index (χ2v) is 7.42. The molecule has 2 aliphatic rings. The zero-order chi connectivity index (χ0) is 14.0. The van der Waals surface area contributed by atoms with Gasteiger partial charge in [0.25, 0.3) is 0 Å². The maximum atomic E-state index is 6.23. The van der Waals surface area contributed by atoms with Crippen LogP contribution in [0.15, 0.2) is 0 Å². The lowest BCUT2D eigenvalue weighted by molar-refractivity contribution is 0.0887. The van der Waals surface area contributed by atoms with Gasteiger partial charge in [-0.15, -0.1) is 0 Å². The minimum Gasteiger partial charge on any atom is -0.329 e. The number of hydrogen-bond acceptors (Lipinski definition) is 4. The molecular formula is C15H31N3S. The van der Waals surface area contributed by atoms with E-state index in [1.54, 1.807) is 0 Å². The molecule has 0 bridgehead atoms. The fourth-order valence-corrected chi connectivity index (χ4v) is 4.60. The molecule has 112 valence electrons. The van der Waals surface area contributed by atoms with Crippen molar-refractivity contribution in [1.29, 1.82) is 0 Å². The molecule has 1 heterocycles. The Morgan fingerprint density at radius 1 is 1.47 bits per heavy atom. The average molecular weight is 286 g/mol. The van der Waals surface area contributed by atoms with E-state index in [4.69, 9.17) is 5.73 Å². The third-order valence-electron chi connectivity index (χ3n) is 5.24. The molecule has 2 fully saturated rings. The van der Waals surface area contributed by atoms with E-state index < -0.39 is 0 Å². The van der Waals surface area contributed by atoms with Crippen molar-refractivity contribution in [2.45, 2.75) is 63.2 Å². The van der Waals surface area contributed by atoms with E-state index in [1.807, 2.05) is 11.8 Å². The van der Waals surface area contributed by atoms with E-state index in [1.165, 1.54) is 38.0 Å². The van der Waals surface area contributed by atoms with Gasteiger partial charge < -0.3 is 5.73 Å². The second kappa shape index (κ2) is 6.33. The number of likely N-dealkylation sites (N-methyl/N-ethyl adjacent to an activating group) is 1. The van der Waals surface area contributed by atoms with E-state index in [2.05, 4.69) is 37.0 Å². The van der Waals surface area contributed by atoms with Gasteiger partial charge in [-0.05, 0) is 45.9 Å². The van der Waals surface area contributed by atoms with Gasteiger partial charge in [-0.3, -0.25) is 9.80 Å². The number of rotatable bonds is 7. The molecule has 1 saturated carbocycles. The van der Waals surface area contributed by atoms with Gasteiger partial charge >= 0.3 is 0 Å². The molecule has 19 heavy (non-hydrogen) atoms. The van der Waals surface area contributed by atoms with Crippen molar-refractivity contribution in [1.82, 2.24) is 9.80 Å². The Kier molecular flexibility index (Phi) is 5.21. The normalized spacial score (nSPS) is 34.1. The van der Waals surface area contributed by atoms with E-state index in [0.29, 0.717) is 12.1 Å². The van der Waals surface area contributed by atoms with Gasteiger partial charge in [-0.25, -0.2) is 0 Å². The molecule has 4 heteroatoms. The largest absolute Gasteiger partial charge is 0.329 e. The number of nitrogens with zero attached hydrogens (tertiary/aromatic N) is 2. The average Bonchev–Trinajstić information content (AvgIpc) is 3.19. The van der Waals surface area contributed by atoms with Crippen LogP contribution in [0.3, 0.4) is 0 Å². The Labute approximate surface area is 123 Å². The van der Waals surface area contributed by atoms with Crippen molar-refractivity contribution in [2.24, 2.45) is 5.73 Å². The Morgan fingerprint density at radius 2 is 2.16 bits per heavy atom. The van der Waals surface area contributed by atoms with Gasteiger partial charge in [0.2, 0.25) is 0 Å². The molecule has 1 aliphatic carbocycles. The van der Waals surface area contributed by atoms with Crippen LogP contribution in [0.5, 0.6) is 0 Å². The quantitative estimate of drug-likeness (QED) is 0.776. The Bertz CT molecular complexity index is 295. The third kappa shape index (κ3) is 3.12. The number of hydrogen-bond donors (Lipinski definition) is 1. The first-order valence-electron chi connectivity index (χ1n) is 7.75. The van der Waals surface area contributed by atoms with Crippen LogP contribution in [-0.4, -0.2) is 65.6 Å². The topological polar surface area (TPSA) is 32.5 Å². The fourth-order valence-electron chi connectivity index (χ4n) is 3.75. The first-order chi connectivity index (χ1) is 9.07. The van der Waals surface area contributed by atoms with Crippen molar-refractivity contribution in [2.75, 3.05) is 32.1 Å². The van der Waals surface area contributed by atoms with Crippen LogP contribution < -0.4 is 5.73 Å². The summed E-state index contributed by atoms with van der Waals surface area (Å²) in [6, 6.07) is 2.22. The lowest BCUT2D eigenvalue weighted by atomic mass is 9.92. The number of nitrogens with two attached hydrogens (primary N) is 1. The first kappa shape index (κ1) is 15.6. The predicted octanol–water partition coefficient (Wildman–Crippen LogP) is 2.01. The van der Waals surface area contributed by atoms with Gasteiger partial charge in [0.1, 0.15) is 0 Å². The van der Waals surface area contributed by atoms with Crippen molar-refractivity contribution >= 4 is 11.8 Å². The highest BCUT2D eigenvalue weighted by Crippen LogP contribution is 2.40. The third-order valence-corrected chi connectivity index (χ3v) is 5.96. The molecule has 3 atom stereocenters. The monoisotopic (exact) mass is 285 g/mol. The van der Waals surface area contributed by atoms with Crippen LogP contribution in [-0.2, 0) is 0 Å². The summed E-state index contributed by atoms with van der Waals surface area (Å²) < 4.78 is 0. The lowest BCUT2D eigenvalue weighted by Gasteiger charge is -2.43. The molecule has 3 unspecified atom stereocenters. The van der Waals surface area contributed by atoms with Crippen LogP contribution in [0, 0.1) is 0 Å². The summed E-state index contributed by atoms with van der Waals surface area (Å²) in [6.07, 6.45) is 7.46. The van der Waals surface area contributed by atoms with Crippen LogP contribution in [0.25, 0.3) is 0 Å². The Morgan fingerprint density at radius 3 is 2.63 bits per heavy atom. The maximum Gasteiger partial charge on any atom is 0.0473 e. The maximum absolute atomic E-state index is 6.23. The summed E-state index contributed by atoms with van der Waals surface area (Å²) in [4.78, 5) is 5.33. The molecular weight excluding hydrogens is 254 g/mol. The smallest absolute Gasteiger partial charge is 0.0473 e. The second-order valence-electron chi connectivity index (χ2n) is 6.51. The molecule has 0 aromatic rings. The van der Waals surface area contributed by atoms with E-state index in [0.717, 1.165) is 12.6 Å². The highest BCUT2D eigenvalue weighted by molar-refractivity contribution is 7.98. The van der Waals surface area contributed by atoms with E-state index in [9.17, 15) is 0 Å². The minimum atomic E-state index is 0.207. The number of thioether (sulfide) groups is 1. The first-order valence-corrected chi connectivity index (χ1v) is 9.15. The van der Waals surface area contributed by atoms with Crippen molar-refractivity contribution in [3.63, 3.8) is 0 Å². The van der Waals surface area contributed by atoms with Crippen molar-refractivity contribution < 1.29 is 0 Å². The minimum absolute atomic E-state index is 0.207. The summed E-state index contributed by atoms with van der Waals surface area (Å²) in [5.74, 6) is 1.21. The summed E-state index contributed by atoms with van der Waals surface area (Å²) in [5.41, 5.74) is 6.43. The Balaban J connectivity index is 2.09. The fraction of sp³-hybridized carbons (Fsp3) is 1.00. The molecule has 0 aromatic heterocycles. The van der Waals surface area contributed by atoms with Crippen molar-refractivity contribution in [3.8, 4) is 0 Å². The zero-order valence-corrected chi connectivity index (χ0v) is 13.9. The summed E-state index contributed by atoms with van der Waals surface area (Å²) >= 11 is 1.95. The van der Waals surface area contributed by atoms with Gasteiger partial charge in [0.15, 0.2) is 0 Å². The predicted molar refractivity (Wildman–Crippen MR) is 85.8 cm³/mol. The van der Waals surface area contributed by atoms with E-state index >= 15 is 0 Å². The molecule has 0 aromatic carbocycles. The van der Waals surface area contributed by atoms with Gasteiger partial charge in [-0.1, -0.05) is 6.92 Å².